The average molecular weight is 399 g/mol. The zero-order chi connectivity index (χ0) is 21.1. The maximum atomic E-state index is 12.7. The Labute approximate surface area is 165 Å². The van der Waals surface area contributed by atoms with Crippen molar-refractivity contribution in [2.45, 2.75) is 20.5 Å². The molecule has 0 saturated carbocycles. The first-order valence-electron chi connectivity index (χ1n) is 8.62. The van der Waals surface area contributed by atoms with E-state index in [9.17, 15) is 13.6 Å². The summed E-state index contributed by atoms with van der Waals surface area (Å²) >= 11 is 0. The number of benzene rings is 1. The van der Waals surface area contributed by atoms with Crippen LogP contribution >= 0.6 is 0 Å². The van der Waals surface area contributed by atoms with Crippen LogP contribution < -0.4 is 15.8 Å². The van der Waals surface area contributed by atoms with E-state index in [0.29, 0.717) is 39.2 Å². The predicted molar refractivity (Wildman–Crippen MR) is 107 cm³/mol. The lowest BCUT2D eigenvalue weighted by molar-refractivity contribution is -0.110. The number of fused-ring (bicyclic) bond motifs is 1. The number of nitrogens with one attached hydrogen (secondary N) is 3. The third kappa shape index (κ3) is 4.40. The number of alkyl halides is 2. The molecule has 7 nitrogen and oxygen atoms in total. The van der Waals surface area contributed by atoms with Crippen molar-refractivity contribution in [3.05, 3.63) is 53.9 Å². The van der Waals surface area contributed by atoms with Gasteiger partial charge in [-0.15, -0.1) is 0 Å². The van der Waals surface area contributed by atoms with Crippen LogP contribution in [0.15, 0.2) is 53.9 Å². The summed E-state index contributed by atoms with van der Waals surface area (Å²) in [6, 6.07) is 9.79. The molecule has 5 N–H and O–H groups in total. The fourth-order valence-electron chi connectivity index (χ4n) is 2.68. The number of halogens is 2. The van der Waals surface area contributed by atoms with Crippen molar-refractivity contribution in [3.8, 4) is 17.0 Å². The Morgan fingerprint density at radius 1 is 1.28 bits per heavy atom. The number of hydrogen-bond acceptors (Lipinski definition) is 5. The number of carbonyl (C=O) groups is 1. The number of pyridine rings is 1. The third-order valence-corrected chi connectivity index (χ3v) is 4.31. The number of anilines is 1. The number of allylic oxidation sites excluding steroid dienone is 1. The van der Waals surface area contributed by atoms with Gasteiger partial charge in [-0.25, -0.2) is 4.98 Å². The molecule has 0 radical (unpaired) electrons. The van der Waals surface area contributed by atoms with E-state index in [4.69, 9.17) is 11.1 Å². The number of para-hydroxylation sites is 1. The highest BCUT2D eigenvalue weighted by Gasteiger charge is 2.15. The normalized spacial score (nSPS) is 12.0. The van der Waals surface area contributed by atoms with Gasteiger partial charge in [-0.1, -0.05) is 12.1 Å². The molecule has 3 aromatic rings. The Kier molecular flexibility index (Phi) is 5.58. The van der Waals surface area contributed by atoms with Gasteiger partial charge in [-0.2, -0.15) is 8.78 Å². The van der Waals surface area contributed by atoms with Crippen molar-refractivity contribution >= 4 is 28.3 Å². The van der Waals surface area contributed by atoms with E-state index in [1.165, 1.54) is 12.3 Å². The Bertz CT molecular complexity index is 1120. The molecule has 9 heteroatoms. The highest BCUT2D eigenvalue weighted by atomic mass is 19.3. The third-order valence-electron chi connectivity index (χ3n) is 4.31. The summed E-state index contributed by atoms with van der Waals surface area (Å²) in [5.74, 6) is -0.574. The van der Waals surface area contributed by atoms with Gasteiger partial charge in [0, 0.05) is 16.6 Å². The number of hydrogen-bond donors (Lipinski definition) is 4. The number of amides is 1. The van der Waals surface area contributed by atoms with Gasteiger partial charge in [0.05, 0.1) is 17.6 Å². The minimum atomic E-state index is -2.94. The Morgan fingerprint density at radius 3 is 2.69 bits per heavy atom. The van der Waals surface area contributed by atoms with Crippen LogP contribution in [0.5, 0.6) is 5.75 Å². The van der Waals surface area contributed by atoms with Gasteiger partial charge >= 0.3 is 6.61 Å². The second kappa shape index (κ2) is 8.09. The molecule has 150 valence electrons. The maximum Gasteiger partial charge on any atom is 0.387 e. The van der Waals surface area contributed by atoms with Gasteiger partial charge < -0.3 is 20.8 Å². The first kappa shape index (κ1) is 20.0. The van der Waals surface area contributed by atoms with Gasteiger partial charge in [0.25, 0.3) is 5.91 Å². The fraction of sp³-hybridized carbons (Fsp3) is 0.150. The topological polar surface area (TPSA) is 117 Å². The van der Waals surface area contributed by atoms with Crippen LogP contribution in [0.1, 0.15) is 13.8 Å². The molecule has 0 fully saturated rings. The molecule has 1 amide bonds. The summed E-state index contributed by atoms with van der Waals surface area (Å²) in [6.45, 7) is 0.267. The molecule has 0 unspecified atom stereocenters. The molecule has 0 aliphatic carbocycles. The summed E-state index contributed by atoms with van der Waals surface area (Å²) in [5, 5.41) is 11.1. The van der Waals surface area contributed by atoms with Crippen molar-refractivity contribution in [2.75, 3.05) is 5.32 Å². The number of nitrogens with zero attached hydrogens (tertiary/aromatic N) is 1. The fourth-order valence-corrected chi connectivity index (χ4v) is 2.68. The molecule has 0 bridgehead atoms. The van der Waals surface area contributed by atoms with E-state index in [2.05, 4.69) is 20.0 Å². The van der Waals surface area contributed by atoms with E-state index in [1.54, 1.807) is 44.2 Å². The van der Waals surface area contributed by atoms with Crippen molar-refractivity contribution in [1.82, 2.24) is 9.97 Å². The number of H-pyrrole nitrogens is 1. The standard InChI is InChI=1S/C20H19F2N5O2/c1-10(11(2)23)17(24)19(28)26-13-7-12-8-15(27-18(12)25-9-13)14-5-3-4-6-16(14)29-20(21)22/h3-9,20,24H,23H2,1-2H3,(H,25,27)(H,26,28)/b11-10-,24-17?. The molecule has 0 atom stereocenters. The minimum absolute atomic E-state index is 0.0375. The highest BCUT2D eigenvalue weighted by molar-refractivity contribution is 6.47. The second-order valence-electron chi connectivity index (χ2n) is 6.36. The number of carbonyl (C=O) groups excluding carboxylic acids is 1. The van der Waals surface area contributed by atoms with E-state index >= 15 is 0 Å². The molecule has 0 spiro atoms. The van der Waals surface area contributed by atoms with Crippen molar-refractivity contribution in [1.29, 1.82) is 5.41 Å². The Morgan fingerprint density at radius 2 is 2.00 bits per heavy atom. The predicted octanol–water partition coefficient (Wildman–Crippen LogP) is 4.04. The lowest BCUT2D eigenvalue weighted by Gasteiger charge is -2.08. The van der Waals surface area contributed by atoms with Crippen LogP contribution in [0.4, 0.5) is 14.5 Å². The largest absolute Gasteiger partial charge is 0.434 e. The number of rotatable bonds is 6. The molecule has 0 aliphatic rings. The van der Waals surface area contributed by atoms with Gasteiger partial charge in [0.1, 0.15) is 17.1 Å². The molecular weight excluding hydrogens is 380 g/mol. The first-order chi connectivity index (χ1) is 13.8. The number of aromatic amines is 1. The quantitative estimate of drug-likeness (QED) is 0.468. The SMILES string of the molecule is C/C(N)=C(\C)C(=N)C(=O)Nc1cnc2[nH]c(-c3ccccc3OC(F)F)cc2c1. The van der Waals surface area contributed by atoms with Crippen LogP contribution in [-0.4, -0.2) is 28.2 Å². The second-order valence-corrected chi connectivity index (χ2v) is 6.36. The molecule has 0 saturated heterocycles. The molecule has 2 heterocycles. The van der Waals surface area contributed by atoms with Crippen molar-refractivity contribution in [2.24, 2.45) is 5.73 Å². The van der Waals surface area contributed by atoms with Crippen molar-refractivity contribution in [3.63, 3.8) is 0 Å². The van der Waals surface area contributed by atoms with Crippen LogP contribution in [-0.2, 0) is 4.79 Å². The van der Waals surface area contributed by atoms with E-state index in [-0.39, 0.29) is 11.5 Å². The van der Waals surface area contributed by atoms with Gasteiger partial charge in [0.15, 0.2) is 0 Å². The van der Waals surface area contributed by atoms with Crippen LogP contribution in [0, 0.1) is 5.41 Å². The number of aromatic nitrogens is 2. The molecular formula is C20H19F2N5O2. The average Bonchev–Trinajstić information content (AvgIpc) is 3.09. The number of nitrogens with two attached hydrogens (primary N) is 1. The summed E-state index contributed by atoms with van der Waals surface area (Å²) in [7, 11) is 0. The van der Waals surface area contributed by atoms with Gasteiger partial charge in [-0.05, 0) is 43.7 Å². The Balaban J connectivity index is 1.89. The van der Waals surface area contributed by atoms with Crippen LogP contribution in [0.3, 0.4) is 0 Å². The van der Waals surface area contributed by atoms with Crippen LogP contribution in [0.2, 0.25) is 0 Å². The lowest BCUT2D eigenvalue weighted by atomic mass is 10.1. The van der Waals surface area contributed by atoms with Gasteiger partial charge in [-0.3, -0.25) is 10.2 Å². The summed E-state index contributed by atoms with van der Waals surface area (Å²) in [5.41, 5.74) is 8.05. The molecule has 2 aromatic heterocycles. The Hall–Kier alpha value is -3.75. The summed E-state index contributed by atoms with van der Waals surface area (Å²) in [4.78, 5) is 19.5. The highest BCUT2D eigenvalue weighted by Crippen LogP contribution is 2.32. The molecule has 0 aliphatic heterocycles. The molecule has 29 heavy (non-hydrogen) atoms. The summed E-state index contributed by atoms with van der Waals surface area (Å²) < 4.78 is 29.9. The van der Waals surface area contributed by atoms with Crippen molar-refractivity contribution < 1.29 is 18.3 Å². The summed E-state index contributed by atoms with van der Waals surface area (Å²) in [6.07, 6.45) is 1.43. The van der Waals surface area contributed by atoms with E-state index < -0.39 is 12.5 Å². The zero-order valence-corrected chi connectivity index (χ0v) is 15.7. The molecule has 1 aromatic carbocycles. The van der Waals surface area contributed by atoms with Crippen LogP contribution in [0.25, 0.3) is 22.3 Å². The van der Waals surface area contributed by atoms with Gasteiger partial charge in [0.2, 0.25) is 0 Å². The number of ether oxygens (including phenoxy) is 1. The zero-order valence-electron chi connectivity index (χ0n) is 15.7. The maximum absolute atomic E-state index is 12.7. The minimum Gasteiger partial charge on any atom is -0.434 e. The lowest BCUT2D eigenvalue weighted by Crippen LogP contribution is -2.24. The monoisotopic (exact) mass is 399 g/mol. The smallest absolute Gasteiger partial charge is 0.387 e. The van der Waals surface area contributed by atoms with E-state index in [1.807, 2.05) is 0 Å². The first-order valence-corrected chi connectivity index (χ1v) is 8.62. The molecule has 3 rings (SSSR count). The van der Waals surface area contributed by atoms with E-state index in [0.717, 1.165) is 0 Å².